The molecule has 0 bridgehead atoms. The number of rotatable bonds is 5. The molecule has 108 valence electrons. The molecule has 3 rings (SSSR count). The zero-order valence-corrected chi connectivity index (χ0v) is 12.2. The van der Waals surface area contributed by atoms with Crippen molar-refractivity contribution in [3.05, 3.63) is 0 Å². The monoisotopic (exact) mass is 266 g/mol. The van der Waals surface area contributed by atoms with Crippen LogP contribution in [0.3, 0.4) is 0 Å². The van der Waals surface area contributed by atoms with E-state index in [4.69, 9.17) is 4.74 Å². The molecule has 0 aromatic carbocycles. The van der Waals surface area contributed by atoms with Gasteiger partial charge in [0.1, 0.15) is 5.60 Å². The third-order valence-corrected chi connectivity index (χ3v) is 4.16. The number of carbonyl (C=O) groups is 1. The fraction of sp³-hybridized carbons (Fsp3) is 0.933. The van der Waals surface area contributed by atoms with Crippen molar-refractivity contribution in [3.8, 4) is 0 Å². The SMILES string of the molecule is CC(C)(C)OC(=O)NC1CC1NC(C1CC1)C1CC1. The van der Waals surface area contributed by atoms with Crippen LogP contribution in [-0.4, -0.2) is 29.8 Å². The average molecular weight is 266 g/mol. The largest absolute Gasteiger partial charge is 0.444 e. The molecule has 4 nitrogen and oxygen atoms in total. The number of amides is 1. The summed E-state index contributed by atoms with van der Waals surface area (Å²) in [7, 11) is 0. The molecule has 2 unspecified atom stereocenters. The quantitative estimate of drug-likeness (QED) is 0.803. The molecule has 0 heterocycles. The van der Waals surface area contributed by atoms with E-state index in [-0.39, 0.29) is 12.1 Å². The molecule has 0 aromatic rings. The van der Waals surface area contributed by atoms with E-state index in [0.717, 1.165) is 24.3 Å². The molecule has 3 fully saturated rings. The third kappa shape index (κ3) is 3.85. The maximum absolute atomic E-state index is 11.7. The van der Waals surface area contributed by atoms with Crippen LogP contribution in [-0.2, 0) is 4.74 Å². The minimum absolute atomic E-state index is 0.273. The van der Waals surface area contributed by atoms with Gasteiger partial charge in [0.05, 0.1) is 0 Å². The van der Waals surface area contributed by atoms with Crippen molar-refractivity contribution in [1.82, 2.24) is 10.6 Å². The molecule has 3 aliphatic rings. The Morgan fingerprint density at radius 3 is 2.16 bits per heavy atom. The second-order valence-corrected chi connectivity index (χ2v) is 7.46. The minimum atomic E-state index is -0.410. The van der Waals surface area contributed by atoms with Gasteiger partial charge in [-0.3, -0.25) is 0 Å². The van der Waals surface area contributed by atoms with E-state index in [9.17, 15) is 4.79 Å². The summed E-state index contributed by atoms with van der Waals surface area (Å²) in [6.45, 7) is 5.68. The number of alkyl carbamates (subject to hydrolysis) is 1. The van der Waals surface area contributed by atoms with Gasteiger partial charge >= 0.3 is 6.09 Å². The van der Waals surface area contributed by atoms with Crippen molar-refractivity contribution < 1.29 is 9.53 Å². The van der Waals surface area contributed by atoms with Crippen LogP contribution in [0.4, 0.5) is 4.79 Å². The number of hydrogen-bond acceptors (Lipinski definition) is 3. The molecule has 0 radical (unpaired) electrons. The third-order valence-electron chi connectivity index (χ3n) is 4.16. The van der Waals surface area contributed by atoms with Gasteiger partial charge in [-0.2, -0.15) is 0 Å². The van der Waals surface area contributed by atoms with Gasteiger partial charge in [0, 0.05) is 18.1 Å². The van der Waals surface area contributed by atoms with Crippen LogP contribution < -0.4 is 10.6 Å². The summed E-state index contributed by atoms with van der Waals surface area (Å²) in [6, 6.07) is 1.46. The predicted molar refractivity (Wildman–Crippen MR) is 73.9 cm³/mol. The lowest BCUT2D eigenvalue weighted by Gasteiger charge is -2.20. The molecule has 2 N–H and O–H groups in total. The Hall–Kier alpha value is -0.770. The van der Waals surface area contributed by atoms with Gasteiger partial charge in [-0.05, 0) is 64.7 Å². The molecule has 19 heavy (non-hydrogen) atoms. The highest BCUT2D eigenvalue weighted by Crippen LogP contribution is 2.45. The van der Waals surface area contributed by atoms with Crippen molar-refractivity contribution in [1.29, 1.82) is 0 Å². The van der Waals surface area contributed by atoms with Crippen LogP contribution in [0.25, 0.3) is 0 Å². The van der Waals surface area contributed by atoms with Crippen LogP contribution >= 0.6 is 0 Å². The van der Waals surface area contributed by atoms with E-state index in [1.54, 1.807) is 0 Å². The second kappa shape index (κ2) is 4.65. The first-order valence-corrected chi connectivity index (χ1v) is 7.68. The Kier molecular flexibility index (Phi) is 3.24. The Labute approximate surface area is 115 Å². The highest BCUT2D eigenvalue weighted by atomic mass is 16.6. The first kappa shape index (κ1) is 13.2. The maximum Gasteiger partial charge on any atom is 0.407 e. The lowest BCUT2D eigenvalue weighted by atomic mass is 10.1. The topological polar surface area (TPSA) is 50.4 Å². The van der Waals surface area contributed by atoms with E-state index in [2.05, 4.69) is 10.6 Å². The first-order chi connectivity index (χ1) is 8.92. The van der Waals surface area contributed by atoms with E-state index < -0.39 is 5.60 Å². The summed E-state index contributed by atoms with van der Waals surface area (Å²) < 4.78 is 5.28. The van der Waals surface area contributed by atoms with Crippen molar-refractivity contribution >= 4 is 6.09 Å². The van der Waals surface area contributed by atoms with Crippen molar-refractivity contribution in [2.24, 2.45) is 11.8 Å². The number of hydrogen-bond donors (Lipinski definition) is 2. The van der Waals surface area contributed by atoms with Gasteiger partial charge < -0.3 is 15.4 Å². The normalized spacial score (nSPS) is 30.3. The summed E-state index contributed by atoms with van der Waals surface area (Å²) >= 11 is 0. The lowest BCUT2D eigenvalue weighted by molar-refractivity contribution is 0.0521. The average Bonchev–Trinajstić information content (AvgIpc) is 3.08. The van der Waals surface area contributed by atoms with Crippen LogP contribution in [0, 0.1) is 11.8 Å². The summed E-state index contributed by atoms with van der Waals surface area (Å²) in [5.41, 5.74) is -0.410. The Morgan fingerprint density at radius 2 is 1.68 bits per heavy atom. The van der Waals surface area contributed by atoms with Crippen molar-refractivity contribution in [3.63, 3.8) is 0 Å². The molecule has 3 aliphatic carbocycles. The van der Waals surface area contributed by atoms with E-state index in [1.807, 2.05) is 20.8 Å². The molecule has 4 heteroatoms. The zero-order chi connectivity index (χ0) is 13.6. The molecule has 3 saturated carbocycles. The summed E-state index contributed by atoms with van der Waals surface area (Å²) in [5.74, 6) is 1.82. The molecule has 1 amide bonds. The number of ether oxygens (including phenoxy) is 1. The highest BCUT2D eigenvalue weighted by molar-refractivity contribution is 5.68. The molecular formula is C15H26N2O2. The standard InChI is InChI=1S/C15H26N2O2/c1-15(2,3)19-14(18)17-12-8-11(12)16-13(9-4-5-9)10-6-7-10/h9-13,16H,4-8H2,1-3H3,(H,17,18). The van der Waals surface area contributed by atoms with Gasteiger partial charge in [-0.1, -0.05) is 0 Å². The van der Waals surface area contributed by atoms with E-state index in [0.29, 0.717) is 6.04 Å². The Morgan fingerprint density at radius 1 is 1.11 bits per heavy atom. The molecule has 0 saturated heterocycles. The summed E-state index contributed by atoms with van der Waals surface area (Å²) in [4.78, 5) is 11.7. The highest BCUT2D eigenvalue weighted by Gasteiger charge is 2.47. The Balaban J connectivity index is 1.40. The zero-order valence-electron chi connectivity index (χ0n) is 12.2. The molecule has 0 aliphatic heterocycles. The van der Waals surface area contributed by atoms with Crippen LogP contribution in [0.2, 0.25) is 0 Å². The molecule has 2 atom stereocenters. The fourth-order valence-corrected chi connectivity index (χ4v) is 2.81. The molecular weight excluding hydrogens is 240 g/mol. The number of carbonyl (C=O) groups excluding carboxylic acids is 1. The van der Waals surface area contributed by atoms with Crippen molar-refractivity contribution in [2.45, 2.75) is 76.6 Å². The van der Waals surface area contributed by atoms with Gasteiger partial charge in [-0.25, -0.2) is 4.79 Å². The maximum atomic E-state index is 11.7. The van der Waals surface area contributed by atoms with Gasteiger partial charge in [0.2, 0.25) is 0 Å². The second-order valence-electron chi connectivity index (χ2n) is 7.46. The van der Waals surface area contributed by atoms with Crippen molar-refractivity contribution in [2.75, 3.05) is 0 Å². The smallest absolute Gasteiger partial charge is 0.407 e. The fourth-order valence-electron chi connectivity index (χ4n) is 2.81. The Bertz CT molecular complexity index is 344. The minimum Gasteiger partial charge on any atom is -0.444 e. The predicted octanol–water partition coefficient (Wildman–Crippen LogP) is 2.43. The van der Waals surface area contributed by atoms with E-state index in [1.165, 1.54) is 25.7 Å². The van der Waals surface area contributed by atoms with Crippen LogP contribution in [0.15, 0.2) is 0 Å². The van der Waals surface area contributed by atoms with Gasteiger partial charge in [0.25, 0.3) is 0 Å². The lowest BCUT2D eigenvalue weighted by Crippen LogP contribution is -2.40. The van der Waals surface area contributed by atoms with Crippen LogP contribution in [0.1, 0.15) is 52.9 Å². The molecule has 0 aromatic heterocycles. The first-order valence-electron chi connectivity index (χ1n) is 7.68. The number of nitrogens with one attached hydrogen (secondary N) is 2. The van der Waals surface area contributed by atoms with Crippen LogP contribution in [0.5, 0.6) is 0 Å². The van der Waals surface area contributed by atoms with Gasteiger partial charge in [-0.15, -0.1) is 0 Å². The van der Waals surface area contributed by atoms with E-state index >= 15 is 0 Å². The summed E-state index contributed by atoms with van der Waals surface area (Å²) in [6.07, 6.45) is 6.35. The van der Waals surface area contributed by atoms with Gasteiger partial charge in [0.15, 0.2) is 0 Å². The molecule has 0 spiro atoms. The summed E-state index contributed by atoms with van der Waals surface area (Å²) in [5, 5.41) is 6.72.